The molecule has 4 aliphatic carbocycles. The molecule has 182 valence electrons. The highest BCUT2D eigenvalue weighted by Crippen LogP contribution is 2.67. The molecule has 0 spiro atoms. The lowest BCUT2D eigenvalue weighted by atomic mass is 9.47. The van der Waals surface area contributed by atoms with E-state index < -0.39 is 5.60 Å². The first-order valence-corrected chi connectivity index (χ1v) is 13.6. The summed E-state index contributed by atoms with van der Waals surface area (Å²) in [6.07, 6.45) is 18.2. The largest absolute Gasteiger partial charge is 0.463 e. The summed E-state index contributed by atoms with van der Waals surface area (Å²) in [5, 5.41) is 10.5. The van der Waals surface area contributed by atoms with Crippen LogP contribution in [0.3, 0.4) is 0 Å². The molecule has 0 aromatic carbocycles. The molecule has 0 saturated heterocycles. The van der Waals surface area contributed by atoms with Crippen LogP contribution in [-0.2, 0) is 9.53 Å². The van der Waals surface area contributed by atoms with E-state index in [0.29, 0.717) is 23.2 Å². The van der Waals surface area contributed by atoms with Gasteiger partial charge in [0.25, 0.3) is 0 Å². The topological polar surface area (TPSA) is 46.5 Å². The summed E-state index contributed by atoms with van der Waals surface area (Å²) in [4.78, 5) is 11.1. The smallest absolute Gasteiger partial charge is 0.302 e. The number of allylic oxidation sites excluding steroid dienone is 2. The zero-order chi connectivity index (χ0) is 23.1. The van der Waals surface area contributed by atoms with Crippen LogP contribution in [0.4, 0.5) is 0 Å². The van der Waals surface area contributed by atoms with E-state index in [1.165, 1.54) is 71.1 Å². The Balaban J connectivity index is 1.37. The van der Waals surface area contributed by atoms with Gasteiger partial charge in [0.1, 0.15) is 6.61 Å². The summed E-state index contributed by atoms with van der Waals surface area (Å²) in [5.74, 6) is 3.93. The minimum atomic E-state index is -0.910. The first kappa shape index (κ1) is 24.3. The van der Waals surface area contributed by atoms with Crippen LogP contribution in [0.1, 0.15) is 112 Å². The Hall–Kier alpha value is -0.830. The summed E-state index contributed by atoms with van der Waals surface area (Å²) in [6, 6.07) is 0. The van der Waals surface area contributed by atoms with Crippen LogP contribution in [-0.4, -0.2) is 23.3 Å². The summed E-state index contributed by atoms with van der Waals surface area (Å²) in [6.45, 7) is 11.0. The molecule has 32 heavy (non-hydrogen) atoms. The molecule has 1 N–H and O–H groups in total. The summed E-state index contributed by atoms with van der Waals surface area (Å²) >= 11 is 0. The molecule has 3 saturated carbocycles. The summed E-state index contributed by atoms with van der Waals surface area (Å²) in [5.41, 5.74) is 1.90. The normalized spacial score (nSPS) is 41.5. The Morgan fingerprint density at radius 3 is 2.75 bits per heavy atom. The van der Waals surface area contributed by atoms with Gasteiger partial charge >= 0.3 is 5.97 Å². The Morgan fingerprint density at radius 1 is 1.22 bits per heavy atom. The van der Waals surface area contributed by atoms with Gasteiger partial charge in [-0.2, -0.15) is 0 Å². The average Bonchev–Trinajstić information content (AvgIpc) is 3.09. The van der Waals surface area contributed by atoms with Gasteiger partial charge in [0.05, 0.1) is 5.60 Å². The van der Waals surface area contributed by atoms with Crippen molar-refractivity contribution in [1.29, 1.82) is 0 Å². The maximum atomic E-state index is 11.1. The van der Waals surface area contributed by atoms with Crippen LogP contribution >= 0.6 is 0 Å². The fourth-order valence-corrected chi connectivity index (χ4v) is 9.01. The van der Waals surface area contributed by atoms with E-state index in [1.807, 2.05) is 5.57 Å². The number of ether oxygens (including phenoxy) is 1. The fourth-order valence-electron chi connectivity index (χ4n) is 9.01. The Kier molecular flexibility index (Phi) is 6.90. The molecule has 4 aliphatic rings. The fraction of sp³-hybridized carbons (Fsp3) is 0.897. The predicted octanol–water partition coefficient (Wildman–Crippen LogP) is 7.08. The molecule has 0 aromatic rings. The van der Waals surface area contributed by atoms with Crippen molar-refractivity contribution < 1.29 is 14.6 Å². The minimum absolute atomic E-state index is 0.108. The molecule has 3 nitrogen and oxygen atoms in total. The number of carbonyl (C=O) groups excluding carboxylic acids is 1. The highest BCUT2D eigenvalue weighted by atomic mass is 16.5. The van der Waals surface area contributed by atoms with Crippen molar-refractivity contribution in [2.24, 2.45) is 40.4 Å². The Bertz CT molecular complexity index is 724. The third kappa shape index (κ3) is 4.44. The van der Waals surface area contributed by atoms with E-state index in [-0.39, 0.29) is 12.6 Å². The first-order valence-electron chi connectivity index (χ1n) is 13.6. The van der Waals surface area contributed by atoms with Crippen LogP contribution in [0.25, 0.3) is 0 Å². The van der Waals surface area contributed by atoms with Gasteiger partial charge in [-0.1, -0.05) is 51.7 Å². The van der Waals surface area contributed by atoms with Gasteiger partial charge in [0.15, 0.2) is 0 Å². The summed E-state index contributed by atoms with van der Waals surface area (Å²) < 4.78 is 5.05. The number of aliphatic hydroxyl groups is 1. The van der Waals surface area contributed by atoms with Crippen molar-refractivity contribution in [2.45, 2.75) is 117 Å². The standard InChI is InChI=1S/C29H48O3/c1-20(9-8-16-27(3,31)19-32-21(2)30)24-13-14-25-23-12-11-22-10-6-7-17-28(22,4)26(23)15-18-29(24,25)5/h11,20,23-26,31H,6-10,12-19H2,1-5H3/t20-,23+,24-,25+,26+,27?,28+,29-/m1/s1. The Morgan fingerprint density at radius 2 is 2.00 bits per heavy atom. The third-order valence-corrected chi connectivity index (χ3v) is 10.7. The molecular formula is C29H48O3. The lowest BCUT2D eigenvalue weighted by molar-refractivity contribution is -0.148. The summed E-state index contributed by atoms with van der Waals surface area (Å²) in [7, 11) is 0. The molecule has 0 radical (unpaired) electrons. The number of carbonyl (C=O) groups is 1. The Labute approximate surface area is 196 Å². The van der Waals surface area contributed by atoms with Gasteiger partial charge in [-0.25, -0.2) is 0 Å². The maximum absolute atomic E-state index is 11.1. The minimum Gasteiger partial charge on any atom is -0.463 e. The van der Waals surface area contributed by atoms with Crippen LogP contribution in [0, 0.1) is 40.4 Å². The van der Waals surface area contributed by atoms with E-state index >= 15 is 0 Å². The molecule has 0 amide bonds. The zero-order valence-corrected chi connectivity index (χ0v) is 21.4. The van der Waals surface area contributed by atoms with Gasteiger partial charge in [0.2, 0.25) is 0 Å². The number of rotatable bonds is 7. The molecule has 1 unspecified atom stereocenters. The zero-order valence-electron chi connectivity index (χ0n) is 21.4. The van der Waals surface area contributed by atoms with Crippen molar-refractivity contribution in [1.82, 2.24) is 0 Å². The van der Waals surface area contributed by atoms with E-state index in [9.17, 15) is 9.90 Å². The van der Waals surface area contributed by atoms with Crippen molar-refractivity contribution in [3.8, 4) is 0 Å². The molecule has 8 atom stereocenters. The predicted molar refractivity (Wildman–Crippen MR) is 130 cm³/mol. The SMILES string of the molecule is CC(=O)OCC(C)(O)CCC[C@@H](C)[C@H]1CC[C@H]2[C@@H]3CC=C4CCCC[C@]4(C)[C@H]3CC[C@]12C. The second-order valence-corrected chi connectivity index (χ2v) is 12.8. The number of hydrogen-bond donors (Lipinski definition) is 1. The van der Waals surface area contributed by atoms with Crippen LogP contribution in [0.15, 0.2) is 11.6 Å². The quantitative estimate of drug-likeness (QED) is 0.337. The van der Waals surface area contributed by atoms with Crippen LogP contribution in [0.2, 0.25) is 0 Å². The van der Waals surface area contributed by atoms with E-state index in [4.69, 9.17) is 4.74 Å². The van der Waals surface area contributed by atoms with Crippen molar-refractivity contribution in [3.05, 3.63) is 11.6 Å². The molecule has 4 rings (SSSR count). The number of esters is 1. The highest BCUT2D eigenvalue weighted by Gasteiger charge is 2.58. The van der Waals surface area contributed by atoms with Crippen LogP contribution in [0.5, 0.6) is 0 Å². The molecule has 3 fully saturated rings. The molecule has 0 heterocycles. The maximum Gasteiger partial charge on any atom is 0.302 e. The molecule has 0 bridgehead atoms. The molecule has 0 aromatic heterocycles. The average molecular weight is 445 g/mol. The van der Waals surface area contributed by atoms with Crippen molar-refractivity contribution >= 4 is 5.97 Å². The lowest BCUT2D eigenvalue weighted by Crippen LogP contribution is -2.50. The molecule has 3 heteroatoms. The number of fused-ring (bicyclic) bond motifs is 5. The number of hydrogen-bond acceptors (Lipinski definition) is 3. The van der Waals surface area contributed by atoms with Crippen molar-refractivity contribution in [2.75, 3.05) is 6.61 Å². The first-order chi connectivity index (χ1) is 15.1. The third-order valence-electron chi connectivity index (χ3n) is 10.7. The lowest BCUT2D eigenvalue weighted by Gasteiger charge is -2.58. The van der Waals surface area contributed by atoms with E-state index in [1.54, 1.807) is 6.92 Å². The van der Waals surface area contributed by atoms with Crippen molar-refractivity contribution in [3.63, 3.8) is 0 Å². The molecule has 0 aliphatic heterocycles. The van der Waals surface area contributed by atoms with Gasteiger partial charge in [0, 0.05) is 6.92 Å². The second-order valence-electron chi connectivity index (χ2n) is 12.8. The highest BCUT2D eigenvalue weighted by molar-refractivity contribution is 5.65. The van der Waals surface area contributed by atoms with Gasteiger partial charge < -0.3 is 9.84 Å². The second kappa shape index (κ2) is 9.08. The van der Waals surface area contributed by atoms with Gasteiger partial charge in [-0.3, -0.25) is 4.79 Å². The van der Waals surface area contributed by atoms with Gasteiger partial charge in [-0.15, -0.1) is 0 Å². The van der Waals surface area contributed by atoms with Gasteiger partial charge in [-0.05, 0) is 105 Å². The molecular weight excluding hydrogens is 396 g/mol. The van der Waals surface area contributed by atoms with E-state index in [2.05, 4.69) is 26.8 Å². The van der Waals surface area contributed by atoms with Crippen LogP contribution < -0.4 is 0 Å². The monoisotopic (exact) mass is 444 g/mol. The van der Waals surface area contributed by atoms with E-state index in [0.717, 1.165) is 30.1 Å².